The molecule has 0 unspecified atom stereocenters. The lowest BCUT2D eigenvalue weighted by molar-refractivity contribution is -0.111. The second kappa shape index (κ2) is 5.85. The lowest BCUT2D eigenvalue weighted by atomic mass is 10.2. The van der Waals surface area contributed by atoms with Crippen molar-refractivity contribution in [3.63, 3.8) is 0 Å². The molecule has 2 rings (SSSR count). The fourth-order valence-corrected chi connectivity index (χ4v) is 2.47. The molecule has 0 aliphatic carbocycles. The molecule has 4 heteroatoms. The summed E-state index contributed by atoms with van der Waals surface area (Å²) >= 11 is 7.45. The molecule has 1 heterocycles. The van der Waals surface area contributed by atoms with E-state index in [1.807, 2.05) is 24.4 Å². The van der Waals surface area contributed by atoms with E-state index in [9.17, 15) is 4.79 Å². The number of hydrogen-bond donors (Lipinski definition) is 1. The summed E-state index contributed by atoms with van der Waals surface area (Å²) in [6.45, 7) is 2.02. The summed E-state index contributed by atoms with van der Waals surface area (Å²) in [7, 11) is 0. The highest BCUT2D eigenvalue weighted by Crippen LogP contribution is 2.18. The van der Waals surface area contributed by atoms with Crippen LogP contribution in [0, 0.1) is 6.92 Å². The SMILES string of the molecule is Cc1ccsc1/C=C/C(=O)Nc1cccc(Cl)c1. The third kappa shape index (κ3) is 3.45. The van der Waals surface area contributed by atoms with Crippen LogP contribution in [-0.4, -0.2) is 5.91 Å². The molecule has 92 valence electrons. The summed E-state index contributed by atoms with van der Waals surface area (Å²) in [6.07, 6.45) is 3.35. The quantitative estimate of drug-likeness (QED) is 0.830. The molecule has 0 bridgehead atoms. The first-order valence-electron chi connectivity index (χ1n) is 5.44. The lowest BCUT2D eigenvalue weighted by Crippen LogP contribution is -2.07. The van der Waals surface area contributed by atoms with Gasteiger partial charge in [0.15, 0.2) is 0 Å². The molecule has 1 aromatic heterocycles. The summed E-state index contributed by atoms with van der Waals surface area (Å²) in [4.78, 5) is 12.8. The average Bonchev–Trinajstić information content (AvgIpc) is 2.72. The zero-order valence-corrected chi connectivity index (χ0v) is 11.4. The first-order chi connectivity index (χ1) is 8.65. The molecular formula is C14H12ClNOS. The van der Waals surface area contributed by atoms with Gasteiger partial charge in [0.25, 0.3) is 0 Å². The fraction of sp³-hybridized carbons (Fsp3) is 0.0714. The first-order valence-corrected chi connectivity index (χ1v) is 6.69. The standard InChI is InChI=1S/C14H12ClNOS/c1-10-7-8-18-13(10)5-6-14(17)16-12-4-2-3-11(15)9-12/h2-9H,1H3,(H,16,17)/b6-5+. The maximum atomic E-state index is 11.7. The molecule has 0 aliphatic rings. The molecule has 0 saturated heterocycles. The van der Waals surface area contributed by atoms with Gasteiger partial charge in [-0.3, -0.25) is 4.79 Å². The molecule has 1 N–H and O–H groups in total. The number of rotatable bonds is 3. The van der Waals surface area contributed by atoms with Crippen LogP contribution < -0.4 is 5.32 Å². The van der Waals surface area contributed by atoms with E-state index >= 15 is 0 Å². The third-order valence-corrected chi connectivity index (χ3v) is 3.60. The van der Waals surface area contributed by atoms with Gasteiger partial charge in [-0.2, -0.15) is 0 Å². The predicted octanol–water partition coefficient (Wildman–Crippen LogP) is 4.36. The van der Waals surface area contributed by atoms with Gasteiger partial charge in [-0.05, 0) is 48.2 Å². The number of halogens is 1. The molecule has 0 fully saturated rings. The Morgan fingerprint density at radius 3 is 2.89 bits per heavy atom. The average molecular weight is 278 g/mol. The molecule has 0 saturated carbocycles. The molecule has 0 aliphatic heterocycles. The largest absolute Gasteiger partial charge is 0.322 e. The number of aryl methyl sites for hydroxylation is 1. The molecule has 0 atom stereocenters. The number of thiophene rings is 1. The van der Waals surface area contributed by atoms with Gasteiger partial charge in [0.2, 0.25) is 5.91 Å². The Balaban J connectivity index is 2.01. The Bertz CT molecular complexity index is 589. The Morgan fingerprint density at radius 1 is 1.39 bits per heavy atom. The Morgan fingerprint density at radius 2 is 2.22 bits per heavy atom. The van der Waals surface area contributed by atoms with Crippen LogP contribution >= 0.6 is 22.9 Å². The van der Waals surface area contributed by atoms with Gasteiger partial charge in [-0.1, -0.05) is 17.7 Å². The molecule has 0 spiro atoms. The van der Waals surface area contributed by atoms with E-state index < -0.39 is 0 Å². The number of carbonyl (C=O) groups is 1. The normalized spacial score (nSPS) is 10.8. The zero-order chi connectivity index (χ0) is 13.0. The van der Waals surface area contributed by atoms with Crippen LogP contribution in [0.5, 0.6) is 0 Å². The van der Waals surface area contributed by atoms with Crippen LogP contribution in [0.3, 0.4) is 0 Å². The minimum atomic E-state index is -0.162. The van der Waals surface area contributed by atoms with Crippen molar-refractivity contribution in [2.24, 2.45) is 0 Å². The lowest BCUT2D eigenvalue weighted by Gasteiger charge is -2.01. The van der Waals surface area contributed by atoms with Crippen molar-refractivity contribution in [1.29, 1.82) is 0 Å². The van der Waals surface area contributed by atoms with Gasteiger partial charge < -0.3 is 5.32 Å². The Hall–Kier alpha value is -1.58. The monoisotopic (exact) mass is 277 g/mol. The van der Waals surface area contributed by atoms with Crippen LogP contribution in [0.15, 0.2) is 41.8 Å². The van der Waals surface area contributed by atoms with E-state index in [0.717, 1.165) is 4.88 Å². The fourth-order valence-electron chi connectivity index (χ4n) is 1.46. The van der Waals surface area contributed by atoms with Crippen LogP contribution in [0.2, 0.25) is 5.02 Å². The van der Waals surface area contributed by atoms with E-state index in [2.05, 4.69) is 5.32 Å². The van der Waals surface area contributed by atoms with E-state index in [-0.39, 0.29) is 5.91 Å². The molecule has 0 radical (unpaired) electrons. The number of amides is 1. The number of hydrogen-bond acceptors (Lipinski definition) is 2. The highest BCUT2D eigenvalue weighted by Gasteiger charge is 1.99. The molecular weight excluding hydrogens is 266 g/mol. The van der Waals surface area contributed by atoms with Crippen molar-refractivity contribution in [3.05, 3.63) is 57.3 Å². The van der Waals surface area contributed by atoms with Crippen molar-refractivity contribution in [3.8, 4) is 0 Å². The van der Waals surface area contributed by atoms with Crippen LogP contribution in [0.1, 0.15) is 10.4 Å². The molecule has 18 heavy (non-hydrogen) atoms. The minimum absolute atomic E-state index is 0.162. The van der Waals surface area contributed by atoms with Gasteiger partial charge >= 0.3 is 0 Å². The molecule has 1 aromatic carbocycles. The highest BCUT2D eigenvalue weighted by molar-refractivity contribution is 7.11. The summed E-state index contributed by atoms with van der Waals surface area (Å²) in [6, 6.07) is 9.10. The Kier molecular flexibility index (Phi) is 4.18. The zero-order valence-electron chi connectivity index (χ0n) is 9.81. The second-order valence-electron chi connectivity index (χ2n) is 3.80. The smallest absolute Gasteiger partial charge is 0.248 e. The van der Waals surface area contributed by atoms with Gasteiger partial charge in [-0.15, -0.1) is 11.3 Å². The highest BCUT2D eigenvalue weighted by atomic mass is 35.5. The maximum absolute atomic E-state index is 11.7. The Labute approximate surface area is 115 Å². The summed E-state index contributed by atoms with van der Waals surface area (Å²) < 4.78 is 0. The van der Waals surface area contributed by atoms with Gasteiger partial charge in [0.1, 0.15) is 0 Å². The number of nitrogens with one attached hydrogen (secondary N) is 1. The van der Waals surface area contributed by atoms with Crippen molar-refractivity contribution in [2.75, 3.05) is 5.32 Å². The van der Waals surface area contributed by atoms with E-state index in [4.69, 9.17) is 11.6 Å². The minimum Gasteiger partial charge on any atom is -0.322 e. The summed E-state index contributed by atoms with van der Waals surface area (Å²) in [5, 5.41) is 5.37. The summed E-state index contributed by atoms with van der Waals surface area (Å²) in [5.41, 5.74) is 1.87. The maximum Gasteiger partial charge on any atom is 0.248 e. The molecule has 2 nitrogen and oxygen atoms in total. The van der Waals surface area contributed by atoms with E-state index in [1.54, 1.807) is 35.6 Å². The van der Waals surface area contributed by atoms with Gasteiger partial charge in [0.05, 0.1) is 0 Å². The van der Waals surface area contributed by atoms with Crippen molar-refractivity contribution in [2.45, 2.75) is 6.92 Å². The van der Waals surface area contributed by atoms with E-state index in [0.29, 0.717) is 10.7 Å². The van der Waals surface area contributed by atoms with Crippen LogP contribution in [-0.2, 0) is 4.79 Å². The first kappa shape index (κ1) is 12.9. The number of carbonyl (C=O) groups excluding carboxylic acids is 1. The van der Waals surface area contributed by atoms with Crippen molar-refractivity contribution < 1.29 is 4.79 Å². The van der Waals surface area contributed by atoms with Gasteiger partial charge in [-0.25, -0.2) is 0 Å². The van der Waals surface area contributed by atoms with Crippen molar-refractivity contribution in [1.82, 2.24) is 0 Å². The van der Waals surface area contributed by atoms with E-state index in [1.165, 1.54) is 11.6 Å². The number of anilines is 1. The van der Waals surface area contributed by atoms with Crippen molar-refractivity contribution >= 4 is 40.6 Å². The van der Waals surface area contributed by atoms with Gasteiger partial charge in [0, 0.05) is 21.7 Å². The van der Waals surface area contributed by atoms with Crippen LogP contribution in [0.4, 0.5) is 5.69 Å². The number of benzene rings is 1. The second-order valence-corrected chi connectivity index (χ2v) is 5.18. The predicted molar refractivity (Wildman–Crippen MR) is 78.2 cm³/mol. The molecule has 1 amide bonds. The topological polar surface area (TPSA) is 29.1 Å². The van der Waals surface area contributed by atoms with Crippen LogP contribution in [0.25, 0.3) is 6.08 Å². The molecule has 2 aromatic rings. The summed E-state index contributed by atoms with van der Waals surface area (Å²) in [5.74, 6) is -0.162. The third-order valence-electron chi connectivity index (χ3n) is 2.38.